The van der Waals surface area contributed by atoms with Gasteiger partial charge in [0.25, 0.3) is 5.92 Å². The molecule has 2 unspecified atom stereocenters. The number of aliphatic hydroxyl groups is 1. The molecule has 1 aliphatic heterocycles. The number of hydrogen-bond acceptors (Lipinski definition) is 6. The lowest BCUT2D eigenvalue weighted by molar-refractivity contribution is -0.140. The Morgan fingerprint density at radius 1 is 0.977 bits per heavy atom. The van der Waals surface area contributed by atoms with Gasteiger partial charge < -0.3 is 20.1 Å². The van der Waals surface area contributed by atoms with E-state index in [-0.39, 0.29) is 5.56 Å². The summed E-state index contributed by atoms with van der Waals surface area (Å²) in [5, 5.41) is 16.8. The number of ether oxygens (including phenoxy) is 1. The molecule has 1 saturated carbocycles. The summed E-state index contributed by atoms with van der Waals surface area (Å²) in [6, 6.07) is 13.2. The first-order valence-electron chi connectivity index (χ1n) is 15.2. The van der Waals surface area contributed by atoms with Crippen molar-refractivity contribution in [3.8, 4) is 11.1 Å². The predicted molar refractivity (Wildman–Crippen MR) is 173 cm³/mol. The van der Waals surface area contributed by atoms with E-state index in [2.05, 4.69) is 17.5 Å². The van der Waals surface area contributed by atoms with Crippen molar-refractivity contribution in [1.82, 2.24) is 10.2 Å². The number of rotatable bonds is 8. The zero-order chi connectivity index (χ0) is 31.1. The fourth-order valence-corrected chi connectivity index (χ4v) is 6.08. The molecule has 4 N–H and O–H groups in total. The van der Waals surface area contributed by atoms with E-state index in [9.17, 15) is 13.6 Å². The third-order valence-electron chi connectivity index (χ3n) is 8.05. The molecule has 0 aromatic heterocycles. The standard InChI is InChI=1S/C19H19ClF2N2O.C13H23NOS.CH4O/c20-17-7-3-15(4-8-17)14-1-5-16(6-2-14)19(21,22)13-18(25)24-11-9-23-10-12-24;14-16-13-8-6-12(7-9-13)15-10-11-4-2-1-3-5-11;1-2/h1-8,23H,9-13H2;6,8,11-13H,1-5,7,9-10,14H2;2H,1H3. The number of carbonyl (C=O) groups excluding carboxylic acids is 1. The SMILES string of the molecule is CO.NSC1C=CC(OCC2CCCCC2)CC1.O=C(CC(F)(F)c1ccc(-c2ccc(Cl)cc2)cc1)N1CCNCC1. The van der Waals surface area contributed by atoms with Crippen LogP contribution in [0.4, 0.5) is 8.78 Å². The molecule has 2 aromatic rings. The fourth-order valence-electron chi connectivity index (χ4n) is 5.50. The van der Waals surface area contributed by atoms with Crippen LogP contribution in [0.1, 0.15) is 56.9 Å². The number of benzene rings is 2. The predicted octanol–water partition coefficient (Wildman–Crippen LogP) is 6.81. The molecular formula is C33H46ClF2N3O3S. The van der Waals surface area contributed by atoms with Crippen LogP contribution >= 0.6 is 23.5 Å². The molecule has 10 heteroatoms. The molecule has 0 radical (unpaired) electrons. The molecule has 5 rings (SSSR count). The van der Waals surface area contributed by atoms with Crippen molar-refractivity contribution in [2.45, 2.75) is 68.6 Å². The average Bonchev–Trinajstić information content (AvgIpc) is 3.06. The van der Waals surface area contributed by atoms with Crippen molar-refractivity contribution in [2.24, 2.45) is 11.1 Å². The fraction of sp³-hybridized carbons (Fsp3) is 0.545. The van der Waals surface area contributed by atoms with Crippen molar-refractivity contribution in [3.05, 3.63) is 71.3 Å². The Hall–Kier alpha value is -2.01. The largest absolute Gasteiger partial charge is 0.400 e. The lowest BCUT2D eigenvalue weighted by atomic mass is 9.90. The van der Waals surface area contributed by atoms with Gasteiger partial charge in [0.2, 0.25) is 5.91 Å². The molecule has 6 nitrogen and oxygen atoms in total. The number of aliphatic hydroxyl groups excluding tert-OH is 1. The molecule has 2 fully saturated rings. The van der Waals surface area contributed by atoms with Crippen LogP contribution < -0.4 is 10.5 Å². The third-order valence-corrected chi connectivity index (χ3v) is 9.04. The molecular weight excluding hydrogens is 592 g/mol. The lowest BCUT2D eigenvalue weighted by Crippen LogP contribution is -2.47. The van der Waals surface area contributed by atoms with E-state index < -0.39 is 18.3 Å². The van der Waals surface area contributed by atoms with Gasteiger partial charge in [0.15, 0.2) is 0 Å². The summed E-state index contributed by atoms with van der Waals surface area (Å²) in [5.41, 5.74) is 1.58. The Balaban J connectivity index is 0.000000242. The molecule has 1 amide bonds. The molecule has 2 aromatic carbocycles. The van der Waals surface area contributed by atoms with Gasteiger partial charge >= 0.3 is 0 Å². The molecule has 1 saturated heterocycles. The Labute approximate surface area is 264 Å². The maximum atomic E-state index is 14.5. The molecule has 238 valence electrons. The maximum absolute atomic E-state index is 14.5. The van der Waals surface area contributed by atoms with Crippen LogP contribution in [0.15, 0.2) is 60.7 Å². The Morgan fingerprint density at radius 2 is 1.58 bits per heavy atom. The highest BCUT2D eigenvalue weighted by Crippen LogP contribution is 2.34. The van der Waals surface area contributed by atoms with Crippen molar-refractivity contribution < 1.29 is 23.4 Å². The van der Waals surface area contributed by atoms with Gasteiger partial charge in [0.1, 0.15) is 0 Å². The molecule has 1 heterocycles. The summed E-state index contributed by atoms with van der Waals surface area (Å²) in [6.45, 7) is 3.21. The highest BCUT2D eigenvalue weighted by atomic mass is 35.5. The first kappa shape index (κ1) is 35.5. The first-order valence-corrected chi connectivity index (χ1v) is 16.5. The monoisotopic (exact) mass is 637 g/mol. The van der Waals surface area contributed by atoms with Gasteiger partial charge in [-0.15, -0.1) is 0 Å². The quantitative estimate of drug-likeness (QED) is 0.218. The molecule has 0 bridgehead atoms. The van der Waals surface area contributed by atoms with E-state index >= 15 is 0 Å². The average molecular weight is 638 g/mol. The minimum atomic E-state index is -3.18. The van der Waals surface area contributed by atoms with E-state index in [0.717, 1.165) is 43.6 Å². The van der Waals surface area contributed by atoms with Crippen LogP contribution in [-0.4, -0.2) is 67.2 Å². The third kappa shape index (κ3) is 11.8. The van der Waals surface area contributed by atoms with Crippen molar-refractivity contribution in [1.29, 1.82) is 0 Å². The number of piperazine rings is 1. The van der Waals surface area contributed by atoms with Crippen LogP contribution in [0.25, 0.3) is 11.1 Å². The summed E-state index contributed by atoms with van der Waals surface area (Å²) in [5.74, 6) is -2.86. The van der Waals surface area contributed by atoms with Gasteiger partial charge in [-0.25, -0.2) is 8.78 Å². The lowest BCUT2D eigenvalue weighted by Gasteiger charge is -2.29. The Kier molecular flexibility index (Phi) is 15.4. The normalized spacial score (nSPS) is 20.8. The zero-order valence-electron chi connectivity index (χ0n) is 25.0. The van der Waals surface area contributed by atoms with Gasteiger partial charge in [-0.1, -0.05) is 91.4 Å². The van der Waals surface area contributed by atoms with E-state index in [1.54, 1.807) is 24.3 Å². The Morgan fingerprint density at radius 3 is 2.14 bits per heavy atom. The highest BCUT2D eigenvalue weighted by molar-refractivity contribution is 7.97. The van der Waals surface area contributed by atoms with Gasteiger partial charge in [0, 0.05) is 49.1 Å². The van der Waals surface area contributed by atoms with Crippen LogP contribution in [-0.2, 0) is 15.5 Å². The number of nitrogens with two attached hydrogens (primary N) is 1. The Bertz CT molecular complexity index is 1110. The minimum Gasteiger partial charge on any atom is -0.400 e. The molecule has 0 spiro atoms. The van der Waals surface area contributed by atoms with E-state index in [0.29, 0.717) is 42.6 Å². The number of halogens is 3. The van der Waals surface area contributed by atoms with Gasteiger partial charge in [-0.05, 0) is 54.9 Å². The smallest absolute Gasteiger partial charge is 0.281 e. The second-order valence-electron chi connectivity index (χ2n) is 11.1. The van der Waals surface area contributed by atoms with E-state index in [1.807, 2.05) is 12.1 Å². The number of amides is 1. The first-order chi connectivity index (χ1) is 20.8. The molecule has 2 atom stereocenters. The second kappa shape index (κ2) is 18.7. The van der Waals surface area contributed by atoms with Crippen LogP contribution in [0.3, 0.4) is 0 Å². The second-order valence-corrected chi connectivity index (χ2v) is 12.4. The summed E-state index contributed by atoms with van der Waals surface area (Å²) in [7, 11) is 1.00. The van der Waals surface area contributed by atoms with Crippen molar-refractivity contribution in [3.63, 3.8) is 0 Å². The van der Waals surface area contributed by atoms with Crippen LogP contribution in [0, 0.1) is 5.92 Å². The van der Waals surface area contributed by atoms with E-state index in [4.69, 9.17) is 26.6 Å². The molecule has 2 aliphatic carbocycles. The molecule has 3 aliphatic rings. The topological polar surface area (TPSA) is 87.8 Å². The number of nitrogens with one attached hydrogen (secondary N) is 1. The van der Waals surface area contributed by atoms with Gasteiger partial charge in [0.05, 0.1) is 19.1 Å². The number of nitrogens with zero attached hydrogens (tertiary/aromatic N) is 1. The number of alkyl halides is 2. The maximum Gasteiger partial charge on any atom is 0.281 e. The van der Waals surface area contributed by atoms with Crippen LogP contribution in [0.5, 0.6) is 0 Å². The summed E-state index contributed by atoms with van der Waals surface area (Å²) in [4.78, 5) is 13.6. The zero-order valence-corrected chi connectivity index (χ0v) is 26.6. The minimum absolute atomic E-state index is 0.145. The molecule has 43 heavy (non-hydrogen) atoms. The van der Waals surface area contributed by atoms with Crippen molar-refractivity contribution in [2.75, 3.05) is 39.9 Å². The van der Waals surface area contributed by atoms with Gasteiger partial charge in [-0.2, -0.15) is 0 Å². The van der Waals surface area contributed by atoms with Gasteiger partial charge in [-0.3, -0.25) is 9.93 Å². The number of carbonyl (C=O) groups is 1. The summed E-state index contributed by atoms with van der Waals surface area (Å²) < 4.78 is 34.9. The van der Waals surface area contributed by atoms with Crippen LogP contribution in [0.2, 0.25) is 5.02 Å². The van der Waals surface area contributed by atoms with Crippen molar-refractivity contribution >= 4 is 29.5 Å². The highest BCUT2D eigenvalue weighted by Gasteiger charge is 2.36. The summed E-state index contributed by atoms with van der Waals surface area (Å²) >= 11 is 7.31. The van der Waals surface area contributed by atoms with E-state index in [1.165, 1.54) is 61.1 Å². The number of hydrogen-bond donors (Lipinski definition) is 3. The summed E-state index contributed by atoms with van der Waals surface area (Å²) in [6.07, 6.45) is 13.2.